The first kappa shape index (κ1) is 15.0. The third kappa shape index (κ3) is 3.39. The van der Waals surface area contributed by atoms with Crippen LogP contribution < -0.4 is 10.6 Å². The minimum Gasteiger partial charge on any atom is -0.356 e. The van der Waals surface area contributed by atoms with Crippen LogP contribution in [0.3, 0.4) is 0 Å². The molecule has 2 rings (SSSR count). The maximum atomic E-state index is 12.4. The third-order valence-corrected chi connectivity index (χ3v) is 4.43. The van der Waals surface area contributed by atoms with Crippen LogP contribution in [0.2, 0.25) is 0 Å². The zero-order valence-electron chi connectivity index (χ0n) is 12.6. The van der Waals surface area contributed by atoms with Crippen molar-refractivity contribution in [1.29, 1.82) is 0 Å². The molecule has 2 heterocycles. The lowest BCUT2D eigenvalue weighted by Crippen LogP contribution is -2.46. The Morgan fingerprint density at radius 2 is 2.35 bits per heavy atom. The van der Waals surface area contributed by atoms with Gasteiger partial charge >= 0.3 is 0 Å². The summed E-state index contributed by atoms with van der Waals surface area (Å²) >= 11 is 0. The molecule has 5 nitrogen and oxygen atoms in total. The molecule has 1 aliphatic rings. The normalized spacial score (nSPS) is 22.4. The number of rotatable bonds is 7. The van der Waals surface area contributed by atoms with Crippen molar-refractivity contribution in [2.24, 2.45) is 11.3 Å². The molecule has 1 aromatic rings. The van der Waals surface area contributed by atoms with Crippen molar-refractivity contribution in [3.63, 3.8) is 0 Å². The number of nitrogens with one attached hydrogen (secondary N) is 2. The zero-order chi connectivity index (χ0) is 14.4. The van der Waals surface area contributed by atoms with Crippen LogP contribution >= 0.6 is 0 Å². The maximum Gasteiger partial charge on any atom is 0.227 e. The molecule has 1 amide bonds. The number of amides is 1. The van der Waals surface area contributed by atoms with Gasteiger partial charge in [0.2, 0.25) is 5.91 Å². The molecule has 1 aromatic heterocycles. The van der Waals surface area contributed by atoms with E-state index in [1.54, 1.807) is 6.20 Å². The average molecular weight is 278 g/mol. The van der Waals surface area contributed by atoms with Crippen molar-refractivity contribution in [1.82, 2.24) is 20.2 Å². The maximum absolute atomic E-state index is 12.4. The van der Waals surface area contributed by atoms with E-state index in [9.17, 15) is 4.79 Å². The number of aromatic nitrogens is 2. The van der Waals surface area contributed by atoms with Crippen LogP contribution in [0.4, 0.5) is 0 Å². The van der Waals surface area contributed by atoms with E-state index >= 15 is 0 Å². The van der Waals surface area contributed by atoms with E-state index in [0.29, 0.717) is 5.92 Å². The van der Waals surface area contributed by atoms with Crippen molar-refractivity contribution in [3.8, 4) is 0 Å². The molecule has 0 radical (unpaired) electrons. The Bertz CT molecular complexity index is 408. The smallest absolute Gasteiger partial charge is 0.227 e. The molecule has 0 spiro atoms. The van der Waals surface area contributed by atoms with Crippen LogP contribution in [-0.2, 0) is 11.3 Å². The van der Waals surface area contributed by atoms with E-state index in [-0.39, 0.29) is 11.3 Å². The Kier molecular flexibility index (Phi) is 5.17. The molecule has 0 bridgehead atoms. The molecule has 0 saturated carbocycles. The van der Waals surface area contributed by atoms with Crippen LogP contribution in [0.1, 0.15) is 33.1 Å². The first-order valence-electron chi connectivity index (χ1n) is 7.60. The quantitative estimate of drug-likeness (QED) is 0.742. The number of carbonyl (C=O) groups excluding carboxylic acids is 1. The number of imidazole rings is 1. The van der Waals surface area contributed by atoms with Gasteiger partial charge in [0, 0.05) is 32.0 Å². The highest BCUT2D eigenvalue weighted by Crippen LogP contribution is 2.34. The number of hydrogen-bond acceptors (Lipinski definition) is 3. The Morgan fingerprint density at radius 3 is 2.95 bits per heavy atom. The van der Waals surface area contributed by atoms with Gasteiger partial charge in [-0.3, -0.25) is 4.79 Å². The summed E-state index contributed by atoms with van der Waals surface area (Å²) < 4.78 is 2.07. The highest BCUT2D eigenvalue weighted by Gasteiger charge is 2.43. The Hall–Kier alpha value is -1.36. The predicted molar refractivity (Wildman–Crippen MR) is 79.2 cm³/mol. The first-order valence-corrected chi connectivity index (χ1v) is 7.60. The topological polar surface area (TPSA) is 59.0 Å². The van der Waals surface area contributed by atoms with Crippen molar-refractivity contribution in [2.75, 3.05) is 19.6 Å². The summed E-state index contributed by atoms with van der Waals surface area (Å²) in [5.41, 5.74) is -0.204. The Labute approximate surface area is 121 Å². The molecule has 1 atom stereocenters. The molecular formula is C15H26N4O. The van der Waals surface area contributed by atoms with E-state index in [2.05, 4.69) is 34.0 Å². The summed E-state index contributed by atoms with van der Waals surface area (Å²) in [4.78, 5) is 16.5. The molecule has 1 saturated heterocycles. The van der Waals surface area contributed by atoms with Gasteiger partial charge < -0.3 is 15.2 Å². The SMILES string of the molecule is CC(C)C1(C(=O)NCCCCn2ccnc2)CCNC1. The average Bonchev–Trinajstić information content (AvgIpc) is 3.10. The first-order chi connectivity index (χ1) is 9.65. The van der Waals surface area contributed by atoms with Gasteiger partial charge in [-0.05, 0) is 31.7 Å². The van der Waals surface area contributed by atoms with Gasteiger partial charge in [0.15, 0.2) is 0 Å². The molecule has 0 aromatic carbocycles. The van der Waals surface area contributed by atoms with Gasteiger partial charge in [0.25, 0.3) is 0 Å². The van der Waals surface area contributed by atoms with E-state index in [0.717, 1.165) is 45.4 Å². The summed E-state index contributed by atoms with van der Waals surface area (Å²) in [7, 11) is 0. The minimum absolute atomic E-state index is 0.204. The van der Waals surface area contributed by atoms with Crippen molar-refractivity contribution in [2.45, 2.75) is 39.7 Å². The van der Waals surface area contributed by atoms with E-state index < -0.39 is 0 Å². The molecule has 1 unspecified atom stereocenters. The van der Waals surface area contributed by atoms with Gasteiger partial charge in [-0.1, -0.05) is 13.8 Å². The van der Waals surface area contributed by atoms with Gasteiger partial charge in [-0.2, -0.15) is 0 Å². The molecule has 20 heavy (non-hydrogen) atoms. The summed E-state index contributed by atoms with van der Waals surface area (Å²) in [6.07, 6.45) is 8.61. The summed E-state index contributed by atoms with van der Waals surface area (Å²) in [5.74, 6) is 0.601. The molecule has 2 N–H and O–H groups in total. The van der Waals surface area contributed by atoms with E-state index in [1.807, 2.05) is 12.5 Å². The van der Waals surface area contributed by atoms with Gasteiger partial charge in [-0.25, -0.2) is 4.98 Å². The van der Waals surface area contributed by atoms with Crippen LogP contribution in [0.5, 0.6) is 0 Å². The fraction of sp³-hybridized carbons (Fsp3) is 0.733. The molecule has 1 fully saturated rings. The van der Waals surface area contributed by atoms with Crippen LogP contribution in [-0.4, -0.2) is 35.1 Å². The molecule has 0 aliphatic carbocycles. The summed E-state index contributed by atoms with van der Waals surface area (Å²) in [6, 6.07) is 0. The molecule has 112 valence electrons. The van der Waals surface area contributed by atoms with Gasteiger partial charge in [-0.15, -0.1) is 0 Å². The lowest BCUT2D eigenvalue weighted by atomic mass is 9.75. The number of unbranched alkanes of at least 4 members (excludes halogenated alkanes) is 1. The second-order valence-electron chi connectivity index (χ2n) is 6.00. The number of hydrogen-bond donors (Lipinski definition) is 2. The molecule has 1 aliphatic heterocycles. The largest absolute Gasteiger partial charge is 0.356 e. The monoisotopic (exact) mass is 278 g/mol. The fourth-order valence-corrected chi connectivity index (χ4v) is 2.88. The van der Waals surface area contributed by atoms with E-state index in [1.165, 1.54) is 0 Å². The molecule has 5 heteroatoms. The van der Waals surface area contributed by atoms with Crippen LogP contribution in [0.15, 0.2) is 18.7 Å². The predicted octanol–water partition coefficient (Wildman–Crippen LogP) is 1.42. The highest BCUT2D eigenvalue weighted by atomic mass is 16.2. The van der Waals surface area contributed by atoms with Gasteiger partial charge in [0.1, 0.15) is 0 Å². The van der Waals surface area contributed by atoms with Crippen molar-refractivity contribution in [3.05, 3.63) is 18.7 Å². The van der Waals surface area contributed by atoms with E-state index in [4.69, 9.17) is 0 Å². The Morgan fingerprint density at radius 1 is 1.50 bits per heavy atom. The van der Waals surface area contributed by atoms with Crippen molar-refractivity contribution < 1.29 is 4.79 Å². The van der Waals surface area contributed by atoms with Crippen LogP contribution in [0, 0.1) is 11.3 Å². The lowest BCUT2D eigenvalue weighted by Gasteiger charge is -2.31. The fourth-order valence-electron chi connectivity index (χ4n) is 2.88. The van der Waals surface area contributed by atoms with Crippen molar-refractivity contribution >= 4 is 5.91 Å². The highest BCUT2D eigenvalue weighted by molar-refractivity contribution is 5.83. The lowest BCUT2D eigenvalue weighted by molar-refractivity contribution is -0.132. The summed E-state index contributed by atoms with van der Waals surface area (Å²) in [5, 5.41) is 6.45. The van der Waals surface area contributed by atoms with Crippen LogP contribution in [0.25, 0.3) is 0 Å². The minimum atomic E-state index is -0.204. The van der Waals surface area contributed by atoms with Gasteiger partial charge in [0.05, 0.1) is 11.7 Å². The number of carbonyl (C=O) groups is 1. The second-order valence-corrected chi connectivity index (χ2v) is 6.00. The zero-order valence-corrected chi connectivity index (χ0v) is 12.6. The Balaban J connectivity index is 1.69. The third-order valence-electron chi connectivity index (χ3n) is 4.43. The number of aryl methyl sites for hydroxylation is 1. The second kappa shape index (κ2) is 6.88. The number of nitrogens with zero attached hydrogens (tertiary/aromatic N) is 2. The molecular weight excluding hydrogens is 252 g/mol. The standard InChI is InChI=1S/C15H26N4O/c1-13(2)15(5-7-16-11-15)14(20)18-6-3-4-9-19-10-8-17-12-19/h8,10,12-13,16H,3-7,9,11H2,1-2H3,(H,18,20). The summed E-state index contributed by atoms with van der Waals surface area (Å²) in [6.45, 7) is 7.78.